The van der Waals surface area contributed by atoms with E-state index >= 15 is 0 Å². The van der Waals surface area contributed by atoms with Gasteiger partial charge in [0.1, 0.15) is 0 Å². The van der Waals surface area contributed by atoms with Crippen LogP contribution in [0.15, 0.2) is 18.2 Å². The topological polar surface area (TPSA) is 18.5 Å². The fourth-order valence-corrected chi connectivity index (χ4v) is 2.06. The van der Waals surface area contributed by atoms with E-state index in [1.165, 1.54) is 18.2 Å². The van der Waals surface area contributed by atoms with Crippen LogP contribution in [0.5, 0.6) is 0 Å². The first-order chi connectivity index (χ1) is 8.64. The summed E-state index contributed by atoms with van der Waals surface area (Å²) >= 11 is 6.06. The summed E-state index contributed by atoms with van der Waals surface area (Å²) in [7, 11) is -0.726. The first kappa shape index (κ1) is 14.8. The summed E-state index contributed by atoms with van der Waals surface area (Å²) in [6, 6.07) is 4.10. The van der Waals surface area contributed by atoms with Crippen LogP contribution in [-0.4, -0.2) is 18.3 Å². The zero-order valence-electron chi connectivity index (χ0n) is 11.3. The highest BCUT2D eigenvalue weighted by Crippen LogP contribution is 2.37. The smallest absolute Gasteiger partial charge is 0.399 e. The fourth-order valence-electron chi connectivity index (χ4n) is 1.85. The lowest BCUT2D eigenvalue weighted by Gasteiger charge is -2.32. The second-order valence-corrected chi connectivity index (χ2v) is 6.08. The minimum absolute atomic E-state index is 0.0888. The van der Waals surface area contributed by atoms with E-state index in [-0.39, 0.29) is 5.56 Å². The molecule has 1 saturated heterocycles. The third kappa shape index (κ3) is 2.64. The summed E-state index contributed by atoms with van der Waals surface area (Å²) in [5.41, 5.74) is -0.698. The Hall–Kier alpha value is -0.645. The largest absolute Gasteiger partial charge is 0.496 e. The Morgan fingerprint density at radius 3 is 2.11 bits per heavy atom. The summed E-state index contributed by atoms with van der Waals surface area (Å²) in [5.74, 6) is 0. The highest BCUT2D eigenvalue weighted by molar-refractivity contribution is 6.65. The van der Waals surface area contributed by atoms with Crippen LogP contribution in [0.25, 0.3) is 0 Å². The van der Waals surface area contributed by atoms with Gasteiger partial charge in [-0.3, -0.25) is 0 Å². The molecule has 0 spiro atoms. The maximum Gasteiger partial charge on any atom is 0.496 e. The summed E-state index contributed by atoms with van der Waals surface area (Å²) < 4.78 is 37.1. The molecular formula is C13H16BClF2O2. The Balaban J connectivity index is 2.36. The van der Waals surface area contributed by atoms with Gasteiger partial charge >= 0.3 is 7.12 Å². The summed E-state index contributed by atoms with van der Waals surface area (Å²) in [6.45, 7) is 7.60. The SMILES string of the molecule is CC1(C)OB(c2cc(C(F)F)ccc2Cl)OC1(C)C. The van der Waals surface area contributed by atoms with Gasteiger partial charge in [-0.15, -0.1) is 0 Å². The van der Waals surface area contributed by atoms with Crippen LogP contribution >= 0.6 is 11.6 Å². The molecule has 1 fully saturated rings. The maximum absolute atomic E-state index is 12.7. The average Bonchev–Trinajstić information content (AvgIpc) is 2.48. The van der Waals surface area contributed by atoms with E-state index in [1.54, 1.807) is 0 Å². The number of halogens is 3. The van der Waals surface area contributed by atoms with Crippen LogP contribution in [0.3, 0.4) is 0 Å². The molecule has 0 N–H and O–H groups in total. The van der Waals surface area contributed by atoms with Gasteiger partial charge in [0, 0.05) is 16.0 Å². The van der Waals surface area contributed by atoms with E-state index in [0.717, 1.165) is 0 Å². The van der Waals surface area contributed by atoms with E-state index in [4.69, 9.17) is 20.9 Å². The molecule has 1 aliphatic rings. The van der Waals surface area contributed by atoms with Gasteiger partial charge in [-0.25, -0.2) is 8.78 Å². The van der Waals surface area contributed by atoms with Gasteiger partial charge in [-0.2, -0.15) is 0 Å². The molecular weight excluding hydrogens is 272 g/mol. The lowest BCUT2D eigenvalue weighted by Crippen LogP contribution is -2.41. The second-order valence-electron chi connectivity index (χ2n) is 5.67. The van der Waals surface area contributed by atoms with Crippen molar-refractivity contribution in [1.82, 2.24) is 0 Å². The van der Waals surface area contributed by atoms with Gasteiger partial charge in [0.2, 0.25) is 0 Å². The van der Waals surface area contributed by atoms with Crippen LogP contribution in [0.2, 0.25) is 5.02 Å². The van der Waals surface area contributed by atoms with E-state index in [1.807, 2.05) is 27.7 Å². The van der Waals surface area contributed by atoms with E-state index < -0.39 is 24.7 Å². The zero-order chi connectivity index (χ0) is 14.4. The van der Waals surface area contributed by atoms with Crippen LogP contribution < -0.4 is 5.46 Å². The van der Waals surface area contributed by atoms with Crippen molar-refractivity contribution in [3.05, 3.63) is 28.8 Å². The highest BCUT2D eigenvalue weighted by Gasteiger charge is 2.52. The molecule has 1 aliphatic heterocycles. The maximum atomic E-state index is 12.7. The Bertz CT molecular complexity index is 476. The van der Waals surface area contributed by atoms with E-state index in [0.29, 0.717) is 10.5 Å². The van der Waals surface area contributed by atoms with Gasteiger partial charge in [0.25, 0.3) is 6.43 Å². The number of alkyl halides is 2. The zero-order valence-corrected chi connectivity index (χ0v) is 12.1. The molecule has 6 heteroatoms. The van der Waals surface area contributed by atoms with Crippen molar-refractivity contribution in [2.24, 2.45) is 0 Å². The molecule has 0 radical (unpaired) electrons. The molecule has 0 saturated carbocycles. The second kappa shape index (κ2) is 4.72. The standard InChI is InChI=1S/C13H16BClF2O2/c1-12(2)13(3,4)19-14(18-12)9-7-8(11(16)17)5-6-10(9)15/h5-7,11H,1-4H3. The van der Waals surface area contributed by atoms with E-state index in [2.05, 4.69) is 0 Å². The lowest BCUT2D eigenvalue weighted by atomic mass is 9.78. The predicted octanol–water partition coefficient (Wildman–Crippen LogP) is 3.58. The Kier molecular flexibility index (Phi) is 3.67. The molecule has 19 heavy (non-hydrogen) atoms. The van der Waals surface area contributed by atoms with Crippen molar-refractivity contribution < 1.29 is 18.1 Å². The van der Waals surface area contributed by atoms with Crippen LogP contribution in [0.4, 0.5) is 8.78 Å². The van der Waals surface area contributed by atoms with Gasteiger partial charge < -0.3 is 9.31 Å². The number of hydrogen-bond acceptors (Lipinski definition) is 2. The molecule has 1 aromatic carbocycles. The molecule has 0 aromatic heterocycles. The van der Waals surface area contributed by atoms with Gasteiger partial charge in [0.05, 0.1) is 11.2 Å². The molecule has 0 aliphatic carbocycles. The summed E-state index contributed by atoms with van der Waals surface area (Å²) in [4.78, 5) is 0. The van der Waals surface area contributed by atoms with Crippen molar-refractivity contribution >= 4 is 24.2 Å². The molecule has 104 valence electrons. The Morgan fingerprint density at radius 2 is 1.63 bits per heavy atom. The molecule has 0 unspecified atom stereocenters. The van der Waals surface area contributed by atoms with Gasteiger partial charge in [-0.05, 0) is 33.8 Å². The normalized spacial score (nSPS) is 21.2. The number of benzene rings is 1. The number of hydrogen-bond donors (Lipinski definition) is 0. The predicted molar refractivity (Wildman–Crippen MR) is 72.1 cm³/mol. The van der Waals surface area contributed by atoms with Crippen molar-refractivity contribution in [1.29, 1.82) is 0 Å². The Morgan fingerprint density at radius 1 is 1.11 bits per heavy atom. The minimum Gasteiger partial charge on any atom is -0.399 e. The van der Waals surface area contributed by atoms with Crippen molar-refractivity contribution in [3.8, 4) is 0 Å². The van der Waals surface area contributed by atoms with Gasteiger partial charge in [0.15, 0.2) is 0 Å². The minimum atomic E-state index is -2.54. The fraction of sp³-hybridized carbons (Fsp3) is 0.538. The van der Waals surface area contributed by atoms with Crippen LogP contribution in [-0.2, 0) is 9.31 Å². The third-order valence-corrected chi connectivity index (χ3v) is 4.12. The monoisotopic (exact) mass is 288 g/mol. The number of rotatable bonds is 2. The van der Waals surface area contributed by atoms with E-state index in [9.17, 15) is 8.78 Å². The molecule has 1 heterocycles. The van der Waals surface area contributed by atoms with Crippen molar-refractivity contribution in [3.63, 3.8) is 0 Å². The van der Waals surface area contributed by atoms with Crippen molar-refractivity contribution in [2.45, 2.75) is 45.3 Å². The summed E-state index contributed by atoms with van der Waals surface area (Å²) in [6.07, 6.45) is -2.54. The molecule has 2 rings (SSSR count). The molecule has 1 aromatic rings. The van der Waals surface area contributed by atoms with Crippen LogP contribution in [0, 0.1) is 0 Å². The quantitative estimate of drug-likeness (QED) is 0.775. The lowest BCUT2D eigenvalue weighted by molar-refractivity contribution is 0.00578. The first-order valence-electron chi connectivity index (χ1n) is 6.07. The van der Waals surface area contributed by atoms with Crippen molar-refractivity contribution in [2.75, 3.05) is 0 Å². The van der Waals surface area contributed by atoms with Crippen LogP contribution in [0.1, 0.15) is 39.7 Å². The molecule has 0 bridgehead atoms. The molecule has 2 nitrogen and oxygen atoms in total. The first-order valence-corrected chi connectivity index (χ1v) is 6.45. The van der Waals surface area contributed by atoms with Gasteiger partial charge in [-0.1, -0.05) is 23.7 Å². The highest BCUT2D eigenvalue weighted by atomic mass is 35.5. The average molecular weight is 289 g/mol. The third-order valence-electron chi connectivity index (χ3n) is 3.78. The molecule has 0 amide bonds. The Labute approximate surface area is 117 Å². The molecule has 0 atom stereocenters. The summed E-state index contributed by atoms with van der Waals surface area (Å²) in [5, 5.41) is 0.364.